The van der Waals surface area contributed by atoms with Crippen LogP contribution in [0.1, 0.15) is 10.7 Å². The highest BCUT2D eigenvalue weighted by molar-refractivity contribution is 6.32. The molecule has 0 fully saturated rings. The van der Waals surface area contributed by atoms with Gasteiger partial charge in [0.1, 0.15) is 5.69 Å². The van der Waals surface area contributed by atoms with Gasteiger partial charge < -0.3 is 9.15 Å². The summed E-state index contributed by atoms with van der Waals surface area (Å²) in [6.07, 6.45) is 1.53. The summed E-state index contributed by atoms with van der Waals surface area (Å²) in [6.45, 7) is 0. The fraction of sp³-hybridized carbons (Fsp3) is 0.111. The molecule has 0 atom stereocenters. The van der Waals surface area contributed by atoms with Gasteiger partial charge in [0.2, 0.25) is 0 Å². The lowest BCUT2D eigenvalue weighted by Gasteiger charge is -1.95. The fourth-order valence-electron chi connectivity index (χ4n) is 1.03. The van der Waals surface area contributed by atoms with Crippen LogP contribution in [0.4, 0.5) is 0 Å². The lowest BCUT2D eigenvalue weighted by molar-refractivity contribution is 0.0556. The number of aromatic nitrogens is 3. The summed E-state index contributed by atoms with van der Waals surface area (Å²) in [5, 5.41) is 7.53. The van der Waals surface area contributed by atoms with E-state index in [1.54, 1.807) is 12.1 Å². The maximum Gasteiger partial charge on any atom is 0.396 e. The number of hydrogen-bond acceptors (Lipinski definition) is 6. The minimum absolute atomic E-state index is 0.0750. The molecule has 0 spiro atoms. The standard InChI is InChI=1S/C9H6ClN3O3/c1-15-9(14)8-13-12-7(16-8)6-5(10)3-2-4-11-6/h2-4H,1H3. The van der Waals surface area contributed by atoms with Crippen LogP contribution in [-0.2, 0) is 4.74 Å². The molecule has 0 aliphatic heterocycles. The Bertz CT molecular complexity index is 526. The van der Waals surface area contributed by atoms with Gasteiger partial charge in [-0.2, -0.15) is 0 Å². The first kappa shape index (κ1) is 10.6. The summed E-state index contributed by atoms with van der Waals surface area (Å²) in [5.74, 6) is -0.865. The van der Waals surface area contributed by atoms with Gasteiger partial charge in [-0.3, -0.25) is 0 Å². The Labute approximate surface area is 95.2 Å². The van der Waals surface area contributed by atoms with Crippen LogP contribution in [0.15, 0.2) is 22.7 Å². The number of carbonyl (C=O) groups is 1. The molecule has 6 nitrogen and oxygen atoms in total. The van der Waals surface area contributed by atoms with Gasteiger partial charge in [0.15, 0.2) is 0 Å². The number of esters is 1. The smallest absolute Gasteiger partial charge is 0.396 e. The second-order valence-electron chi connectivity index (χ2n) is 2.74. The number of nitrogens with zero attached hydrogens (tertiary/aromatic N) is 3. The molecule has 82 valence electrons. The van der Waals surface area contributed by atoms with Gasteiger partial charge in [0.05, 0.1) is 12.1 Å². The first-order chi connectivity index (χ1) is 7.72. The average Bonchev–Trinajstić information content (AvgIpc) is 2.78. The number of hydrogen-bond donors (Lipinski definition) is 0. The average molecular weight is 240 g/mol. The molecule has 2 rings (SSSR count). The van der Waals surface area contributed by atoms with E-state index in [4.69, 9.17) is 16.0 Å². The van der Waals surface area contributed by atoms with Crippen molar-refractivity contribution in [3.63, 3.8) is 0 Å². The summed E-state index contributed by atoms with van der Waals surface area (Å²) in [5.41, 5.74) is 0.326. The van der Waals surface area contributed by atoms with Crippen molar-refractivity contribution in [1.82, 2.24) is 15.2 Å². The molecule has 0 saturated carbocycles. The van der Waals surface area contributed by atoms with Crippen LogP contribution in [-0.4, -0.2) is 28.3 Å². The Morgan fingerprint density at radius 3 is 3.00 bits per heavy atom. The van der Waals surface area contributed by atoms with E-state index < -0.39 is 5.97 Å². The van der Waals surface area contributed by atoms with Crippen molar-refractivity contribution in [2.45, 2.75) is 0 Å². The Morgan fingerprint density at radius 2 is 2.31 bits per heavy atom. The van der Waals surface area contributed by atoms with Crippen molar-refractivity contribution in [3.05, 3.63) is 29.2 Å². The Balaban J connectivity index is 2.39. The molecule has 7 heteroatoms. The quantitative estimate of drug-likeness (QED) is 0.741. The molecule has 16 heavy (non-hydrogen) atoms. The Kier molecular flexibility index (Phi) is 2.82. The van der Waals surface area contributed by atoms with Crippen molar-refractivity contribution in [2.24, 2.45) is 0 Å². The van der Waals surface area contributed by atoms with Crippen LogP contribution < -0.4 is 0 Å². The predicted molar refractivity (Wildman–Crippen MR) is 53.9 cm³/mol. The molecule has 0 unspecified atom stereocenters. The molecule has 0 bridgehead atoms. The molecule has 0 aliphatic carbocycles. The molecular formula is C9H6ClN3O3. The zero-order valence-electron chi connectivity index (χ0n) is 8.18. The van der Waals surface area contributed by atoms with E-state index in [0.29, 0.717) is 10.7 Å². The highest BCUT2D eigenvalue weighted by Crippen LogP contribution is 2.23. The summed E-state index contributed by atoms with van der Waals surface area (Å²) < 4.78 is 9.49. The lowest BCUT2D eigenvalue weighted by atomic mass is 10.3. The summed E-state index contributed by atoms with van der Waals surface area (Å²) >= 11 is 5.88. The number of carbonyl (C=O) groups excluding carboxylic acids is 1. The van der Waals surface area contributed by atoms with Crippen molar-refractivity contribution in [2.75, 3.05) is 7.11 Å². The van der Waals surface area contributed by atoms with Crippen LogP contribution in [0.3, 0.4) is 0 Å². The van der Waals surface area contributed by atoms with Crippen LogP contribution >= 0.6 is 11.6 Å². The second-order valence-corrected chi connectivity index (χ2v) is 3.14. The van der Waals surface area contributed by atoms with Crippen LogP contribution in [0.2, 0.25) is 5.02 Å². The van der Waals surface area contributed by atoms with E-state index in [-0.39, 0.29) is 11.8 Å². The highest BCUT2D eigenvalue weighted by atomic mass is 35.5. The molecule has 0 saturated heterocycles. The normalized spacial score (nSPS) is 10.1. The van der Waals surface area contributed by atoms with Crippen molar-refractivity contribution >= 4 is 17.6 Å². The van der Waals surface area contributed by atoms with Gasteiger partial charge in [0, 0.05) is 6.20 Å². The molecule has 2 heterocycles. The lowest BCUT2D eigenvalue weighted by Crippen LogP contribution is -2.00. The van der Waals surface area contributed by atoms with Crippen LogP contribution in [0, 0.1) is 0 Å². The molecule has 0 N–H and O–H groups in total. The molecule has 0 aliphatic rings. The third-order valence-corrected chi connectivity index (χ3v) is 2.05. The number of rotatable bonds is 2. The molecule has 0 radical (unpaired) electrons. The van der Waals surface area contributed by atoms with E-state index in [1.807, 2.05) is 0 Å². The van der Waals surface area contributed by atoms with Crippen molar-refractivity contribution in [1.29, 1.82) is 0 Å². The monoisotopic (exact) mass is 239 g/mol. The maximum absolute atomic E-state index is 11.1. The minimum Gasteiger partial charge on any atom is -0.462 e. The predicted octanol–water partition coefficient (Wildman–Crippen LogP) is 1.57. The van der Waals surface area contributed by atoms with E-state index in [0.717, 1.165) is 0 Å². The summed E-state index contributed by atoms with van der Waals surface area (Å²) in [4.78, 5) is 15.0. The minimum atomic E-state index is -0.703. The first-order valence-corrected chi connectivity index (χ1v) is 4.63. The number of halogens is 1. The third kappa shape index (κ3) is 1.87. The molecule has 0 aromatic carbocycles. The van der Waals surface area contributed by atoms with Gasteiger partial charge in [-0.15, -0.1) is 10.2 Å². The van der Waals surface area contributed by atoms with E-state index in [9.17, 15) is 4.79 Å². The Hall–Kier alpha value is -1.95. The third-order valence-electron chi connectivity index (χ3n) is 1.75. The maximum atomic E-state index is 11.1. The zero-order valence-corrected chi connectivity index (χ0v) is 8.93. The highest BCUT2D eigenvalue weighted by Gasteiger charge is 2.18. The topological polar surface area (TPSA) is 78.1 Å². The van der Waals surface area contributed by atoms with Crippen LogP contribution in [0.25, 0.3) is 11.6 Å². The summed E-state index contributed by atoms with van der Waals surface area (Å²) in [7, 11) is 1.22. The fourth-order valence-corrected chi connectivity index (χ4v) is 1.23. The Morgan fingerprint density at radius 1 is 1.50 bits per heavy atom. The van der Waals surface area contributed by atoms with Crippen LogP contribution in [0.5, 0.6) is 0 Å². The zero-order chi connectivity index (χ0) is 11.5. The van der Waals surface area contributed by atoms with E-state index >= 15 is 0 Å². The summed E-state index contributed by atoms with van der Waals surface area (Å²) in [6, 6.07) is 3.30. The largest absolute Gasteiger partial charge is 0.462 e. The molecule has 0 amide bonds. The van der Waals surface area contributed by atoms with E-state index in [2.05, 4.69) is 19.9 Å². The molecule has 2 aromatic heterocycles. The van der Waals surface area contributed by atoms with Gasteiger partial charge in [-0.05, 0) is 12.1 Å². The van der Waals surface area contributed by atoms with Gasteiger partial charge in [0.25, 0.3) is 5.89 Å². The second kappa shape index (κ2) is 4.28. The number of pyridine rings is 1. The SMILES string of the molecule is COC(=O)c1nnc(-c2ncccc2Cl)o1. The van der Waals surface area contributed by atoms with E-state index in [1.165, 1.54) is 13.3 Å². The van der Waals surface area contributed by atoms with Gasteiger partial charge in [-0.1, -0.05) is 11.6 Å². The van der Waals surface area contributed by atoms with Crippen molar-refractivity contribution < 1.29 is 13.9 Å². The van der Waals surface area contributed by atoms with Crippen molar-refractivity contribution in [3.8, 4) is 11.6 Å². The first-order valence-electron chi connectivity index (χ1n) is 4.25. The number of methoxy groups -OCH3 is 1. The van der Waals surface area contributed by atoms with Gasteiger partial charge >= 0.3 is 11.9 Å². The van der Waals surface area contributed by atoms with Gasteiger partial charge in [-0.25, -0.2) is 9.78 Å². The molecular weight excluding hydrogens is 234 g/mol. The number of ether oxygens (including phenoxy) is 1. The molecule has 2 aromatic rings.